The first-order valence-corrected chi connectivity index (χ1v) is 6.38. The average molecular weight is 260 g/mol. The van der Waals surface area contributed by atoms with Gasteiger partial charge in [0.25, 0.3) is 0 Å². The fourth-order valence-corrected chi connectivity index (χ4v) is 2.25. The summed E-state index contributed by atoms with van der Waals surface area (Å²) >= 11 is 0. The van der Waals surface area contributed by atoms with E-state index in [9.17, 15) is 0 Å². The number of aryl methyl sites for hydroxylation is 1. The maximum Gasteiger partial charge on any atom is 0.223 e. The van der Waals surface area contributed by atoms with Crippen LogP contribution >= 0.6 is 0 Å². The van der Waals surface area contributed by atoms with Crippen molar-refractivity contribution < 1.29 is 9.26 Å². The van der Waals surface area contributed by atoms with E-state index in [0.29, 0.717) is 12.4 Å². The molecule has 3 rings (SSSR count). The number of hydrogen-bond donors (Lipinski definition) is 0. The average Bonchev–Trinajstić information content (AvgIpc) is 3.01. The van der Waals surface area contributed by atoms with Gasteiger partial charge in [-0.3, -0.25) is 9.88 Å². The van der Waals surface area contributed by atoms with E-state index >= 15 is 0 Å². The van der Waals surface area contributed by atoms with Gasteiger partial charge in [0.2, 0.25) is 5.89 Å². The van der Waals surface area contributed by atoms with Crippen LogP contribution in [0.25, 0.3) is 0 Å². The van der Waals surface area contributed by atoms with Crippen LogP contribution in [0.5, 0.6) is 5.75 Å². The molecule has 1 fully saturated rings. The fraction of sp³-hybridized carbons (Fsp3) is 0.462. The molecule has 0 unspecified atom stereocenters. The minimum atomic E-state index is 0.218. The predicted molar refractivity (Wildman–Crippen MR) is 67.6 cm³/mol. The molecule has 0 bridgehead atoms. The Balaban J connectivity index is 1.53. The molecule has 6 nitrogen and oxygen atoms in total. The lowest BCUT2D eigenvalue weighted by molar-refractivity contribution is 0.196. The minimum absolute atomic E-state index is 0.218. The molecule has 2 aromatic heterocycles. The zero-order valence-electron chi connectivity index (χ0n) is 10.8. The summed E-state index contributed by atoms with van der Waals surface area (Å²) in [5, 5.41) is 3.91. The molecular formula is C13H16N4O2. The van der Waals surface area contributed by atoms with Gasteiger partial charge >= 0.3 is 0 Å². The van der Waals surface area contributed by atoms with Crippen LogP contribution in [0.2, 0.25) is 0 Å². The van der Waals surface area contributed by atoms with E-state index in [4.69, 9.17) is 9.26 Å². The largest absolute Gasteiger partial charge is 0.489 e. The van der Waals surface area contributed by atoms with E-state index in [2.05, 4.69) is 20.0 Å². The molecule has 2 aromatic rings. The summed E-state index contributed by atoms with van der Waals surface area (Å²) in [6.07, 6.45) is 4.71. The third kappa shape index (κ3) is 3.08. The van der Waals surface area contributed by atoms with Gasteiger partial charge in [0.15, 0.2) is 5.82 Å². The number of rotatable bonds is 4. The van der Waals surface area contributed by atoms with Crippen LogP contribution in [0.1, 0.15) is 18.1 Å². The van der Waals surface area contributed by atoms with Gasteiger partial charge in [0.1, 0.15) is 11.9 Å². The Labute approximate surface area is 111 Å². The third-order valence-corrected chi connectivity index (χ3v) is 3.12. The summed E-state index contributed by atoms with van der Waals surface area (Å²) in [6, 6.07) is 3.76. The Morgan fingerprint density at radius 3 is 3.00 bits per heavy atom. The molecule has 0 saturated carbocycles. The van der Waals surface area contributed by atoms with Crippen molar-refractivity contribution in [3.63, 3.8) is 0 Å². The topological polar surface area (TPSA) is 64.3 Å². The first-order valence-electron chi connectivity index (χ1n) is 6.38. The van der Waals surface area contributed by atoms with Crippen molar-refractivity contribution in [1.82, 2.24) is 20.0 Å². The predicted octanol–water partition coefficient (Wildman–Crippen LogP) is 1.43. The zero-order chi connectivity index (χ0) is 13.1. The minimum Gasteiger partial charge on any atom is -0.489 e. The van der Waals surface area contributed by atoms with E-state index in [-0.39, 0.29) is 6.10 Å². The quantitative estimate of drug-likeness (QED) is 0.828. The summed E-state index contributed by atoms with van der Waals surface area (Å²) in [5.41, 5.74) is 0. The third-order valence-electron chi connectivity index (χ3n) is 3.12. The molecule has 1 aliphatic heterocycles. The maximum absolute atomic E-state index is 5.90. The second kappa shape index (κ2) is 5.36. The Kier molecular flexibility index (Phi) is 3.41. The van der Waals surface area contributed by atoms with E-state index in [1.165, 1.54) is 0 Å². The van der Waals surface area contributed by atoms with E-state index in [0.717, 1.165) is 31.1 Å². The van der Waals surface area contributed by atoms with Crippen LogP contribution in [0.15, 0.2) is 29.0 Å². The van der Waals surface area contributed by atoms with Crippen molar-refractivity contribution in [1.29, 1.82) is 0 Å². The molecule has 1 saturated heterocycles. The smallest absolute Gasteiger partial charge is 0.223 e. The molecule has 100 valence electrons. The maximum atomic E-state index is 5.90. The Hall–Kier alpha value is -1.95. The highest BCUT2D eigenvalue weighted by Gasteiger charge is 2.25. The summed E-state index contributed by atoms with van der Waals surface area (Å²) < 4.78 is 10.9. The number of ether oxygens (including phenoxy) is 1. The molecule has 0 amide bonds. The SMILES string of the molecule is Cc1nc(CN2CC[C@H](Oc3ccncc3)C2)no1. The summed E-state index contributed by atoms with van der Waals surface area (Å²) in [7, 11) is 0. The van der Waals surface area contributed by atoms with Crippen LogP contribution in [0.3, 0.4) is 0 Å². The number of hydrogen-bond acceptors (Lipinski definition) is 6. The van der Waals surface area contributed by atoms with Crippen LogP contribution < -0.4 is 4.74 Å². The molecule has 19 heavy (non-hydrogen) atoms. The van der Waals surface area contributed by atoms with Crippen molar-refractivity contribution >= 4 is 0 Å². The Bertz CT molecular complexity index is 528. The standard InChI is InChI=1S/C13H16N4O2/c1-10-15-13(16-19-10)9-17-7-4-12(8-17)18-11-2-5-14-6-3-11/h2-3,5-6,12H,4,7-9H2,1H3/t12-/m0/s1. The van der Waals surface area contributed by atoms with Gasteiger partial charge in [-0.05, 0) is 18.6 Å². The molecule has 6 heteroatoms. The van der Waals surface area contributed by atoms with Gasteiger partial charge in [-0.1, -0.05) is 5.16 Å². The highest BCUT2D eigenvalue weighted by Crippen LogP contribution is 2.18. The summed E-state index contributed by atoms with van der Waals surface area (Å²) in [4.78, 5) is 10.5. The van der Waals surface area contributed by atoms with Gasteiger partial charge < -0.3 is 9.26 Å². The number of aromatic nitrogens is 3. The van der Waals surface area contributed by atoms with Gasteiger partial charge in [-0.25, -0.2) is 0 Å². The molecule has 1 atom stereocenters. The lowest BCUT2D eigenvalue weighted by Crippen LogP contribution is -2.25. The van der Waals surface area contributed by atoms with Crippen molar-refractivity contribution in [3.8, 4) is 5.75 Å². The molecular weight excluding hydrogens is 244 g/mol. The summed E-state index contributed by atoms with van der Waals surface area (Å²) in [6.45, 7) is 4.39. The Morgan fingerprint density at radius 1 is 1.42 bits per heavy atom. The second-order valence-corrected chi connectivity index (χ2v) is 4.68. The van der Waals surface area contributed by atoms with Gasteiger partial charge in [0.05, 0.1) is 6.54 Å². The van der Waals surface area contributed by atoms with Crippen LogP contribution in [-0.4, -0.2) is 39.2 Å². The fourth-order valence-electron chi connectivity index (χ4n) is 2.25. The van der Waals surface area contributed by atoms with E-state index in [1.54, 1.807) is 19.3 Å². The molecule has 0 N–H and O–H groups in total. The van der Waals surface area contributed by atoms with Gasteiger partial charge in [-0.15, -0.1) is 0 Å². The van der Waals surface area contributed by atoms with Crippen molar-refractivity contribution in [2.24, 2.45) is 0 Å². The molecule has 0 radical (unpaired) electrons. The molecule has 0 spiro atoms. The van der Waals surface area contributed by atoms with Crippen LogP contribution in [-0.2, 0) is 6.54 Å². The van der Waals surface area contributed by atoms with Gasteiger partial charge in [0, 0.05) is 32.4 Å². The molecule has 0 aromatic carbocycles. The lowest BCUT2D eigenvalue weighted by Gasteiger charge is -2.15. The number of nitrogens with zero attached hydrogens (tertiary/aromatic N) is 4. The number of pyridine rings is 1. The molecule has 1 aliphatic rings. The monoisotopic (exact) mass is 260 g/mol. The first-order chi connectivity index (χ1) is 9.29. The molecule has 3 heterocycles. The van der Waals surface area contributed by atoms with Gasteiger partial charge in [-0.2, -0.15) is 4.98 Å². The lowest BCUT2D eigenvalue weighted by atomic mass is 10.3. The van der Waals surface area contributed by atoms with E-state index < -0.39 is 0 Å². The van der Waals surface area contributed by atoms with Crippen molar-refractivity contribution in [2.75, 3.05) is 13.1 Å². The van der Waals surface area contributed by atoms with Crippen molar-refractivity contribution in [2.45, 2.75) is 26.0 Å². The summed E-state index contributed by atoms with van der Waals surface area (Å²) in [5.74, 6) is 2.22. The Morgan fingerprint density at radius 2 is 2.26 bits per heavy atom. The van der Waals surface area contributed by atoms with Crippen LogP contribution in [0, 0.1) is 6.92 Å². The van der Waals surface area contributed by atoms with E-state index in [1.807, 2.05) is 12.1 Å². The molecule has 0 aliphatic carbocycles. The number of likely N-dealkylation sites (tertiary alicyclic amines) is 1. The zero-order valence-corrected chi connectivity index (χ0v) is 10.8. The highest BCUT2D eigenvalue weighted by atomic mass is 16.5. The van der Waals surface area contributed by atoms with Crippen molar-refractivity contribution in [3.05, 3.63) is 36.2 Å². The highest BCUT2D eigenvalue weighted by molar-refractivity contribution is 5.17. The second-order valence-electron chi connectivity index (χ2n) is 4.68. The van der Waals surface area contributed by atoms with Crippen LogP contribution in [0.4, 0.5) is 0 Å². The first kappa shape index (κ1) is 12.1. The normalized spacial score (nSPS) is 19.7.